The van der Waals surface area contributed by atoms with Crippen LogP contribution in [0.2, 0.25) is 0 Å². The molecule has 0 saturated heterocycles. The van der Waals surface area contributed by atoms with Crippen molar-refractivity contribution in [3.8, 4) is 0 Å². The van der Waals surface area contributed by atoms with Gasteiger partial charge in [-0.3, -0.25) is 9.11 Å². The van der Waals surface area contributed by atoms with Gasteiger partial charge in [-0.25, -0.2) is 0 Å². The molecule has 6 aromatic rings. The summed E-state index contributed by atoms with van der Waals surface area (Å²) in [4.78, 5) is -0.656. The van der Waals surface area contributed by atoms with E-state index in [1.54, 1.807) is 42.5 Å². The van der Waals surface area contributed by atoms with E-state index in [-0.39, 0.29) is 56.1 Å². The van der Waals surface area contributed by atoms with E-state index < -0.39 is 20.2 Å². The zero-order valence-corrected chi connectivity index (χ0v) is 28.7. The third kappa shape index (κ3) is 7.63. The molecular weight excluding hydrogens is 650 g/mol. The molecule has 47 heavy (non-hydrogen) atoms. The minimum Gasteiger partial charge on any atom is -0.355 e. The molecule has 0 aliphatic carbocycles. The predicted molar refractivity (Wildman–Crippen MR) is 183 cm³/mol. The Morgan fingerprint density at radius 3 is 1.85 bits per heavy atom. The molecule has 0 spiro atoms. The fourth-order valence-electron chi connectivity index (χ4n) is 4.90. The van der Waals surface area contributed by atoms with E-state index in [9.17, 15) is 25.9 Å². The zero-order valence-electron chi connectivity index (χ0n) is 25.1. The van der Waals surface area contributed by atoms with Gasteiger partial charge in [-0.05, 0) is 73.7 Å². The number of hydrogen-bond acceptors (Lipinski definition) is 9. The van der Waals surface area contributed by atoms with Gasteiger partial charge in [0.2, 0.25) is 0 Å². The number of benzene rings is 6. The summed E-state index contributed by atoms with van der Waals surface area (Å²) in [5, 5.41) is 22.0. The third-order valence-electron chi connectivity index (χ3n) is 7.12. The van der Waals surface area contributed by atoms with Gasteiger partial charge in [0, 0.05) is 62.5 Å². The number of anilines is 2. The molecule has 1 radical (unpaired) electrons. The number of fused-ring (bicyclic) bond motifs is 2. The van der Waals surface area contributed by atoms with Crippen molar-refractivity contribution in [1.82, 2.24) is 0 Å². The summed E-state index contributed by atoms with van der Waals surface area (Å²) in [6.45, 7) is 1.95. The number of aryl methyl sites for hydroxylation is 1. The van der Waals surface area contributed by atoms with Gasteiger partial charge in [-0.1, -0.05) is 54.1 Å². The number of azo groups is 2. The minimum atomic E-state index is -4.62. The molecule has 11 nitrogen and oxygen atoms in total. The molecule has 231 valence electrons. The van der Waals surface area contributed by atoms with Crippen LogP contribution in [-0.2, 0) is 20.2 Å². The Hall–Kier alpha value is -4.34. The Kier molecular flexibility index (Phi) is 9.98. The van der Waals surface area contributed by atoms with Gasteiger partial charge in [0.05, 0.1) is 27.6 Å². The largest absolute Gasteiger partial charge is 0.355 e. The predicted octanol–water partition coefficient (Wildman–Crippen LogP) is 8.99. The van der Waals surface area contributed by atoms with Crippen molar-refractivity contribution in [3.63, 3.8) is 0 Å². The fourth-order valence-corrected chi connectivity index (χ4v) is 6.14. The van der Waals surface area contributed by atoms with E-state index >= 15 is 0 Å². The minimum absolute atomic E-state index is 0. The van der Waals surface area contributed by atoms with Gasteiger partial charge in [0.1, 0.15) is 4.90 Å². The van der Waals surface area contributed by atoms with Crippen molar-refractivity contribution in [2.75, 3.05) is 5.32 Å². The van der Waals surface area contributed by atoms with E-state index in [4.69, 9.17) is 0 Å². The van der Waals surface area contributed by atoms with Crippen LogP contribution in [0.3, 0.4) is 0 Å². The molecule has 0 bridgehead atoms. The smallest absolute Gasteiger partial charge is 0.295 e. The Morgan fingerprint density at radius 1 is 0.574 bits per heavy atom. The summed E-state index contributed by atoms with van der Waals surface area (Å²) in [6, 6.07) is 31.5. The van der Waals surface area contributed by atoms with Crippen molar-refractivity contribution in [1.29, 1.82) is 0 Å². The standard InChI is InChI=1S/C33H25N5O6S2.Na/c1-21-10-12-22(13-11-21)34-31-19-18-29(26-8-5-9-32(33(26)31)46(42,43)44)37-38-30-17-16-28(36-35-23-6-3-2-4-7-23)25-15-14-24(20-27(25)30)45(39,40)41;/h2-20,34H,1H3,(H,39,40,41)(H,42,43,44);. The van der Waals surface area contributed by atoms with Gasteiger partial charge in [-0.15, -0.1) is 15.3 Å². The van der Waals surface area contributed by atoms with Gasteiger partial charge in [0.25, 0.3) is 20.2 Å². The summed E-state index contributed by atoms with van der Waals surface area (Å²) >= 11 is 0. The van der Waals surface area contributed by atoms with Crippen molar-refractivity contribution in [3.05, 3.63) is 121 Å². The molecule has 6 aromatic carbocycles. The molecule has 0 aromatic heterocycles. The zero-order chi connectivity index (χ0) is 32.5. The van der Waals surface area contributed by atoms with Crippen molar-refractivity contribution < 1.29 is 25.9 Å². The molecule has 0 aliphatic rings. The molecule has 0 amide bonds. The summed E-state index contributed by atoms with van der Waals surface area (Å²) in [6.07, 6.45) is 0. The molecule has 0 saturated carbocycles. The Bertz CT molecular complexity index is 2400. The fraction of sp³-hybridized carbons (Fsp3) is 0.0303. The third-order valence-corrected chi connectivity index (χ3v) is 8.87. The first-order valence-corrected chi connectivity index (χ1v) is 16.7. The molecule has 0 unspecified atom stereocenters. The summed E-state index contributed by atoms with van der Waals surface area (Å²) < 4.78 is 68.6. The molecule has 3 N–H and O–H groups in total. The van der Waals surface area contributed by atoms with Crippen LogP contribution in [0.4, 0.5) is 34.1 Å². The van der Waals surface area contributed by atoms with Crippen molar-refractivity contribution >= 4 is 105 Å². The maximum atomic E-state index is 12.4. The second-order valence-corrected chi connectivity index (χ2v) is 13.1. The van der Waals surface area contributed by atoms with Crippen LogP contribution in [-0.4, -0.2) is 55.5 Å². The van der Waals surface area contributed by atoms with E-state index in [0.29, 0.717) is 38.9 Å². The number of nitrogens with one attached hydrogen (secondary N) is 1. The van der Waals surface area contributed by atoms with Gasteiger partial charge in [-0.2, -0.15) is 21.9 Å². The van der Waals surface area contributed by atoms with Crippen LogP contribution in [0.25, 0.3) is 21.5 Å². The van der Waals surface area contributed by atoms with Crippen LogP contribution in [0.5, 0.6) is 0 Å². The molecule has 0 aliphatic heterocycles. The number of nitrogens with zero attached hydrogens (tertiary/aromatic N) is 4. The average molecular weight is 675 g/mol. The summed E-state index contributed by atoms with van der Waals surface area (Å²) in [7, 11) is -9.17. The SMILES string of the molecule is Cc1ccc(Nc2ccc(N=Nc3ccc(N=Nc4ccccc4)c4ccc(S(=O)(=O)O)cc34)c3cccc(S(=O)(=O)O)c23)cc1.[Na]. The molecule has 6 rings (SSSR count). The molecular formula is C33H25N5NaO6S2. The average Bonchev–Trinajstić information content (AvgIpc) is 3.03. The first-order chi connectivity index (χ1) is 22.0. The number of rotatable bonds is 8. The Balaban J connectivity index is 0.00000433. The second kappa shape index (κ2) is 13.8. The second-order valence-electron chi connectivity index (χ2n) is 10.3. The van der Waals surface area contributed by atoms with Crippen LogP contribution in [0.1, 0.15) is 5.56 Å². The monoisotopic (exact) mass is 674 g/mol. The first-order valence-electron chi connectivity index (χ1n) is 13.8. The van der Waals surface area contributed by atoms with E-state index in [2.05, 4.69) is 25.8 Å². The summed E-state index contributed by atoms with van der Waals surface area (Å²) in [5.74, 6) is 0. The van der Waals surface area contributed by atoms with Crippen LogP contribution < -0.4 is 5.32 Å². The Morgan fingerprint density at radius 2 is 1.19 bits per heavy atom. The van der Waals surface area contributed by atoms with E-state index in [1.165, 1.54) is 30.3 Å². The molecule has 0 atom stereocenters. The molecule has 14 heteroatoms. The van der Waals surface area contributed by atoms with E-state index in [1.807, 2.05) is 49.4 Å². The van der Waals surface area contributed by atoms with Crippen LogP contribution in [0.15, 0.2) is 146 Å². The normalized spacial score (nSPS) is 12.1. The topological polar surface area (TPSA) is 170 Å². The van der Waals surface area contributed by atoms with Crippen LogP contribution in [0, 0.1) is 6.92 Å². The quantitative estimate of drug-likeness (QED) is 0.0821. The maximum Gasteiger partial charge on any atom is 0.295 e. The van der Waals surface area contributed by atoms with Gasteiger partial charge >= 0.3 is 0 Å². The van der Waals surface area contributed by atoms with Crippen molar-refractivity contribution in [2.24, 2.45) is 20.5 Å². The van der Waals surface area contributed by atoms with Gasteiger partial charge in [0.15, 0.2) is 0 Å². The number of hydrogen-bond donors (Lipinski definition) is 3. The molecule has 0 fully saturated rings. The van der Waals surface area contributed by atoms with E-state index in [0.717, 1.165) is 5.56 Å². The maximum absolute atomic E-state index is 12.4. The molecule has 0 heterocycles. The summed E-state index contributed by atoms with van der Waals surface area (Å²) in [5.41, 5.74) is 3.75. The van der Waals surface area contributed by atoms with Crippen molar-refractivity contribution in [2.45, 2.75) is 16.7 Å². The first kappa shape index (κ1) is 34.0. The van der Waals surface area contributed by atoms with Gasteiger partial charge < -0.3 is 5.32 Å². The Labute approximate surface area is 292 Å². The van der Waals surface area contributed by atoms with Crippen LogP contribution >= 0.6 is 0 Å².